The topological polar surface area (TPSA) is 56.1 Å². The first kappa shape index (κ1) is 21.8. The monoisotopic (exact) mass is 433 g/mol. The van der Waals surface area contributed by atoms with Gasteiger partial charge in [0.15, 0.2) is 0 Å². The van der Waals surface area contributed by atoms with Crippen LogP contribution in [0, 0.1) is 0 Å². The number of rotatable bonds is 7. The van der Waals surface area contributed by atoms with Crippen LogP contribution in [0.5, 0.6) is 0 Å². The molecule has 1 fully saturated rings. The number of hydrogen-bond acceptors (Lipinski definition) is 4. The molecular weight excluding hydrogens is 409 g/mol. The number of hydrogen-bond donors (Lipinski definition) is 1. The first-order valence-electron chi connectivity index (χ1n) is 9.54. The number of halogens is 2. The maximum atomic E-state index is 13.1. The molecule has 154 valence electrons. The number of nitrogens with zero attached hydrogens (tertiary/aromatic N) is 3. The van der Waals surface area contributed by atoms with Crippen molar-refractivity contribution in [1.82, 2.24) is 9.80 Å². The summed E-state index contributed by atoms with van der Waals surface area (Å²) in [6.45, 7) is 5.67. The Bertz CT molecular complexity index is 890. The lowest BCUT2D eigenvalue weighted by atomic mass is 10.0. The van der Waals surface area contributed by atoms with E-state index in [1.807, 2.05) is 37.4 Å². The molecule has 2 unspecified atom stereocenters. The molecule has 2 aromatic rings. The van der Waals surface area contributed by atoms with Crippen LogP contribution in [-0.4, -0.2) is 60.3 Å². The second kappa shape index (κ2) is 9.72. The Morgan fingerprint density at radius 2 is 2.10 bits per heavy atom. The Morgan fingerprint density at radius 3 is 2.76 bits per heavy atom. The highest BCUT2D eigenvalue weighted by molar-refractivity contribution is 6.42. The number of aliphatic hydroxyl groups excluding tert-OH is 1. The van der Waals surface area contributed by atoms with E-state index in [-0.39, 0.29) is 24.5 Å². The zero-order valence-electron chi connectivity index (χ0n) is 16.4. The first-order valence-corrected chi connectivity index (χ1v) is 10.3. The lowest BCUT2D eigenvalue weighted by Gasteiger charge is -2.32. The lowest BCUT2D eigenvalue weighted by Crippen LogP contribution is -2.39. The molecule has 1 N–H and O–H groups in total. The normalized spacial score (nSPS) is 17.9. The summed E-state index contributed by atoms with van der Waals surface area (Å²) in [5, 5.41) is 10.8. The molecule has 0 spiro atoms. The van der Waals surface area contributed by atoms with Gasteiger partial charge in [-0.25, -0.2) is 0 Å². The van der Waals surface area contributed by atoms with Gasteiger partial charge in [0.1, 0.15) is 0 Å². The van der Waals surface area contributed by atoms with Crippen LogP contribution in [0.1, 0.15) is 23.6 Å². The van der Waals surface area contributed by atoms with Crippen LogP contribution < -0.4 is 0 Å². The van der Waals surface area contributed by atoms with E-state index in [1.165, 1.54) is 0 Å². The van der Waals surface area contributed by atoms with Crippen molar-refractivity contribution in [2.75, 3.05) is 26.7 Å². The van der Waals surface area contributed by atoms with Gasteiger partial charge in [-0.3, -0.25) is 14.7 Å². The van der Waals surface area contributed by atoms with Crippen molar-refractivity contribution in [3.8, 4) is 0 Å². The summed E-state index contributed by atoms with van der Waals surface area (Å²) in [7, 11) is 1.81. The molecule has 3 rings (SSSR count). The fourth-order valence-electron chi connectivity index (χ4n) is 3.63. The molecule has 0 aromatic heterocycles. The van der Waals surface area contributed by atoms with Gasteiger partial charge in [0.25, 0.3) is 0 Å². The highest BCUT2D eigenvalue weighted by atomic mass is 35.5. The number of aliphatic hydroxyl groups is 1. The molecule has 7 heteroatoms. The van der Waals surface area contributed by atoms with Crippen LogP contribution in [0.15, 0.2) is 47.5 Å². The van der Waals surface area contributed by atoms with Crippen LogP contribution in [0.2, 0.25) is 10.0 Å². The standard InChI is InChI=1S/C22H25Cl2N3O2/c1-25-17-5-3-4-16(12-17)21(14-27-9-8-18(28)13-27)26(2)22(29)11-15-6-7-19(23)20(24)10-15/h3-7,10,12,18,21,28H,1,8-9,11,13-14H2,2H3. The molecule has 0 radical (unpaired) electrons. The molecule has 1 aliphatic heterocycles. The summed E-state index contributed by atoms with van der Waals surface area (Å²) in [5.74, 6) is -0.0231. The van der Waals surface area contributed by atoms with Gasteiger partial charge in [0.2, 0.25) is 5.91 Å². The quantitative estimate of drug-likeness (QED) is 0.667. The van der Waals surface area contributed by atoms with E-state index in [0.717, 1.165) is 29.8 Å². The predicted octanol–water partition coefficient (Wildman–Crippen LogP) is 4.13. The smallest absolute Gasteiger partial charge is 0.227 e. The van der Waals surface area contributed by atoms with E-state index in [9.17, 15) is 9.90 Å². The highest BCUT2D eigenvalue weighted by Gasteiger charge is 2.28. The van der Waals surface area contributed by atoms with Crippen LogP contribution in [-0.2, 0) is 11.2 Å². The Labute approximate surface area is 181 Å². The van der Waals surface area contributed by atoms with Crippen molar-refractivity contribution < 1.29 is 9.90 Å². The van der Waals surface area contributed by atoms with E-state index in [0.29, 0.717) is 23.1 Å². The number of likely N-dealkylation sites (N-methyl/N-ethyl adjacent to an activating group) is 1. The van der Waals surface area contributed by atoms with Gasteiger partial charge < -0.3 is 10.0 Å². The Balaban J connectivity index is 1.81. The van der Waals surface area contributed by atoms with E-state index in [1.54, 1.807) is 17.0 Å². The summed E-state index contributed by atoms with van der Waals surface area (Å²) in [6, 6.07) is 12.8. The van der Waals surface area contributed by atoms with E-state index < -0.39 is 0 Å². The average molecular weight is 434 g/mol. The van der Waals surface area contributed by atoms with Crippen molar-refractivity contribution >= 4 is 41.5 Å². The fourth-order valence-corrected chi connectivity index (χ4v) is 3.95. The zero-order chi connectivity index (χ0) is 21.0. The van der Waals surface area contributed by atoms with Crippen LogP contribution in [0.25, 0.3) is 0 Å². The molecule has 1 saturated heterocycles. The number of amides is 1. The highest BCUT2D eigenvalue weighted by Crippen LogP contribution is 2.28. The third-order valence-corrected chi connectivity index (χ3v) is 6.06. The molecule has 1 aliphatic rings. The van der Waals surface area contributed by atoms with E-state index >= 15 is 0 Å². The first-order chi connectivity index (χ1) is 13.9. The van der Waals surface area contributed by atoms with E-state index in [4.69, 9.17) is 23.2 Å². The van der Waals surface area contributed by atoms with Gasteiger partial charge in [0.05, 0.1) is 34.3 Å². The van der Waals surface area contributed by atoms with Gasteiger partial charge in [0, 0.05) is 26.7 Å². The molecule has 0 saturated carbocycles. The van der Waals surface area contributed by atoms with Crippen molar-refractivity contribution in [3.05, 3.63) is 63.6 Å². The molecule has 1 amide bonds. The Kier molecular flexibility index (Phi) is 7.30. The third kappa shape index (κ3) is 5.58. The largest absolute Gasteiger partial charge is 0.392 e. The third-order valence-electron chi connectivity index (χ3n) is 5.32. The summed E-state index contributed by atoms with van der Waals surface area (Å²) in [5.41, 5.74) is 2.56. The number of β-amino-alcohol motifs (C(OH)–C–C–N with tert-alkyl or cyclic N) is 1. The Morgan fingerprint density at radius 1 is 1.31 bits per heavy atom. The fraction of sp³-hybridized carbons (Fsp3) is 0.364. The Hall–Kier alpha value is -1.92. The summed E-state index contributed by atoms with van der Waals surface area (Å²) in [6.07, 6.45) is 0.669. The van der Waals surface area contributed by atoms with Crippen molar-refractivity contribution in [2.24, 2.45) is 4.99 Å². The number of benzene rings is 2. The summed E-state index contributed by atoms with van der Waals surface area (Å²) >= 11 is 12.1. The second-order valence-electron chi connectivity index (χ2n) is 7.40. The van der Waals surface area contributed by atoms with Gasteiger partial charge in [-0.15, -0.1) is 0 Å². The maximum absolute atomic E-state index is 13.1. The van der Waals surface area contributed by atoms with Gasteiger partial charge in [-0.1, -0.05) is 41.4 Å². The van der Waals surface area contributed by atoms with Gasteiger partial charge in [-0.2, -0.15) is 0 Å². The minimum absolute atomic E-state index is 0.0231. The maximum Gasteiger partial charge on any atom is 0.227 e. The minimum atomic E-state index is -0.311. The van der Waals surface area contributed by atoms with Crippen LogP contribution in [0.3, 0.4) is 0 Å². The molecule has 0 bridgehead atoms. The summed E-state index contributed by atoms with van der Waals surface area (Å²) in [4.78, 5) is 21.0. The van der Waals surface area contributed by atoms with Gasteiger partial charge in [-0.05, 0) is 48.5 Å². The van der Waals surface area contributed by atoms with E-state index in [2.05, 4.69) is 16.6 Å². The number of likely N-dealkylation sites (tertiary alicyclic amines) is 1. The number of aliphatic imine (C=N–C) groups is 1. The van der Waals surface area contributed by atoms with Crippen LogP contribution in [0.4, 0.5) is 5.69 Å². The number of carbonyl (C=O) groups excluding carboxylic acids is 1. The average Bonchev–Trinajstić information content (AvgIpc) is 3.13. The van der Waals surface area contributed by atoms with Crippen molar-refractivity contribution in [3.63, 3.8) is 0 Å². The predicted molar refractivity (Wildman–Crippen MR) is 118 cm³/mol. The molecule has 5 nitrogen and oxygen atoms in total. The van der Waals surface area contributed by atoms with Crippen molar-refractivity contribution in [2.45, 2.75) is 25.0 Å². The zero-order valence-corrected chi connectivity index (χ0v) is 17.9. The van der Waals surface area contributed by atoms with Crippen molar-refractivity contribution in [1.29, 1.82) is 0 Å². The molecule has 2 aromatic carbocycles. The molecule has 2 atom stereocenters. The molecule has 29 heavy (non-hydrogen) atoms. The summed E-state index contributed by atoms with van der Waals surface area (Å²) < 4.78 is 0. The molecular formula is C22H25Cl2N3O2. The second-order valence-corrected chi connectivity index (χ2v) is 8.22. The lowest BCUT2D eigenvalue weighted by molar-refractivity contribution is -0.131. The van der Waals surface area contributed by atoms with Gasteiger partial charge >= 0.3 is 0 Å². The molecule has 0 aliphatic carbocycles. The minimum Gasteiger partial charge on any atom is -0.392 e. The van der Waals surface area contributed by atoms with Crippen LogP contribution >= 0.6 is 23.2 Å². The molecule has 1 heterocycles. The SMILES string of the molecule is C=Nc1cccc(C(CN2CCC(O)C2)N(C)C(=O)Cc2ccc(Cl)c(Cl)c2)c1. The number of carbonyl (C=O) groups is 1.